The van der Waals surface area contributed by atoms with Gasteiger partial charge in [0, 0.05) is 43.0 Å². The summed E-state index contributed by atoms with van der Waals surface area (Å²) >= 11 is 0. The summed E-state index contributed by atoms with van der Waals surface area (Å²) in [5.41, 5.74) is 2.62. The maximum absolute atomic E-state index is 4.38. The van der Waals surface area contributed by atoms with Gasteiger partial charge in [0.1, 0.15) is 6.33 Å². The molecule has 0 bridgehead atoms. The van der Waals surface area contributed by atoms with Crippen LogP contribution < -0.4 is 0 Å². The Morgan fingerprint density at radius 3 is 2.76 bits per heavy atom. The molecule has 0 spiro atoms. The Hall–Kier alpha value is -0.960. The Bertz CT molecular complexity index is 369. The molecule has 0 N–H and O–H groups in total. The molecule has 3 nitrogen and oxygen atoms in total. The van der Waals surface area contributed by atoms with Crippen LogP contribution in [0, 0.1) is 0 Å². The van der Waals surface area contributed by atoms with E-state index in [2.05, 4.69) is 14.9 Å². The van der Waals surface area contributed by atoms with Crippen LogP contribution in [0.5, 0.6) is 0 Å². The van der Waals surface area contributed by atoms with E-state index in [1.165, 1.54) is 56.3 Å². The molecule has 0 atom stereocenters. The highest BCUT2D eigenvalue weighted by atomic mass is 15.2. The monoisotopic (exact) mass is 231 g/mol. The molecule has 0 aromatic carbocycles. The summed E-state index contributed by atoms with van der Waals surface area (Å²) in [7, 11) is 0. The van der Waals surface area contributed by atoms with Gasteiger partial charge in [-0.25, -0.2) is 9.97 Å². The molecule has 1 aliphatic carbocycles. The molecule has 92 valence electrons. The Kier molecular flexibility index (Phi) is 3.36. The number of hydrogen-bond acceptors (Lipinski definition) is 3. The third kappa shape index (κ3) is 2.49. The zero-order chi connectivity index (χ0) is 11.5. The molecule has 1 aromatic rings. The van der Waals surface area contributed by atoms with Crippen molar-refractivity contribution in [1.82, 2.24) is 14.9 Å². The highest BCUT2D eigenvalue weighted by Crippen LogP contribution is 2.26. The zero-order valence-corrected chi connectivity index (χ0v) is 10.4. The Balaban J connectivity index is 1.70. The molecule has 3 heteroatoms. The van der Waals surface area contributed by atoms with Crippen LogP contribution in [0.25, 0.3) is 0 Å². The molecule has 1 aliphatic heterocycles. The number of rotatable bonds is 1. The fourth-order valence-corrected chi connectivity index (χ4v) is 3.22. The molecule has 2 aliphatic rings. The van der Waals surface area contributed by atoms with Gasteiger partial charge in [0.05, 0.1) is 0 Å². The summed E-state index contributed by atoms with van der Waals surface area (Å²) in [4.78, 5) is 11.2. The van der Waals surface area contributed by atoms with Crippen LogP contribution in [0.2, 0.25) is 0 Å². The quantitative estimate of drug-likeness (QED) is 0.696. The molecular weight excluding hydrogens is 210 g/mol. The van der Waals surface area contributed by atoms with Gasteiger partial charge in [0.25, 0.3) is 0 Å². The van der Waals surface area contributed by atoms with Crippen LogP contribution in [-0.2, 0) is 13.0 Å². The third-order valence-electron chi connectivity index (χ3n) is 4.23. The van der Waals surface area contributed by atoms with Crippen LogP contribution in [0.3, 0.4) is 0 Å². The van der Waals surface area contributed by atoms with E-state index in [0.717, 1.165) is 19.0 Å². The van der Waals surface area contributed by atoms with Gasteiger partial charge in [-0.2, -0.15) is 0 Å². The lowest BCUT2D eigenvalue weighted by Gasteiger charge is -2.34. The van der Waals surface area contributed by atoms with E-state index < -0.39 is 0 Å². The van der Waals surface area contributed by atoms with Gasteiger partial charge >= 0.3 is 0 Å². The van der Waals surface area contributed by atoms with Gasteiger partial charge in [0.15, 0.2) is 0 Å². The van der Waals surface area contributed by atoms with Crippen molar-refractivity contribution in [2.45, 2.75) is 57.5 Å². The van der Waals surface area contributed by atoms with E-state index in [1.807, 2.05) is 6.20 Å². The molecule has 17 heavy (non-hydrogen) atoms. The standard InChI is InChI=1S/C14H21N3/c1-2-4-6-13(5-3-1)17-8-7-14-12(10-17)9-15-11-16-14/h9,11,13H,1-8,10H2. The van der Waals surface area contributed by atoms with E-state index in [-0.39, 0.29) is 0 Å². The normalized spacial score (nSPS) is 23.1. The fraction of sp³-hybridized carbons (Fsp3) is 0.714. The van der Waals surface area contributed by atoms with E-state index >= 15 is 0 Å². The summed E-state index contributed by atoms with van der Waals surface area (Å²) in [6.07, 6.45) is 13.3. The van der Waals surface area contributed by atoms with Gasteiger partial charge in [-0.1, -0.05) is 25.7 Å². The SMILES string of the molecule is c1ncc2c(n1)CCN(C1CCCCCC1)C2. The molecule has 3 rings (SSSR count). The van der Waals surface area contributed by atoms with Crippen LogP contribution in [0.4, 0.5) is 0 Å². The van der Waals surface area contributed by atoms with E-state index in [0.29, 0.717) is 0 Å². The maximum Gasteiger partial charge on any atom is 0.115 e. The highest BCUT2D eigenvalue weighted by Gasteiger charge is 2.24. The van der Waals surface area contributed by atoms with Gasteiger partial charge in [-0.3, -0.25) is 4.90 Å². The average Bonchev–Trinajstić information content (AvgIpc) is 2.67. The van der Waals surface area contributed by atoms with Gasteiger partial charge in [-0.05, 0) is 12.8 Å². The van der Waals surface area contributed by atoms with Crippen molar-refractivity contribution in [3.05, 3.63) is 23.8 Å². The minimum Gasteiger partial charge on any atom is -0.296 e. The first-order chi connectivity index (χ1) is 8.43. The summed E-state index contributed by atoms with van der Waals surface area (Å²) in [6, 6.07) is 0.811. The number of fused-ring (bicyclic) bond motifs is 1. The predicted molar refractivity (Wildman–Crippen MR) is 67.6 cm³/mol. The summed E-state index contributed by atoms with van der Waals surface area (Å²) in [5, 5.41) is 0. The van der Waals surface area contributed by atoms with Crippen LogP contribution in [-0.4, -0.2) is 27.5 Å². The number of aromatic nitrogens is 2. The van der Waals surface area contributed by atoms with Gasteiger partial charge < -0.3 is 0 Å². The van der Waals surface area contributed by atoms with E-state index in [4.69, 9.17) is 0 Å². The van der Waals surface area contributed by atoms with E-state index in [1.54, 1.807) is 6.33 Å². The summed E-state index contributed by atoms with van der Waals surface area (Å²) in [6.45, 7) is 2.26. The molecule has 2 heterocycles. The Labute approximate surface area is 103 Å². The van der Waals surface area contributed by atoms with Crippen LogP contribution in [0.1, 0.15) is 49.8 Å². The first-order valence-corrected chi connectivity index (χ1v) is 6.95. The first kappa shape index (κ1) is 11.1. The van der Waals surface area contributed by atoms with Crippen LogP contribution >= 0.6 is 0 Å². The Morgan fingerprint density at radius 2 is 1.94 bits per heavy atom. The lowest BCUT2D eigenvalue weighted by molar-refractivity contribution is 0.161. The molecule has 1 aromatic heterocycles. The molecular formula is C14H21N3. The van der Waals surface area contributed by atoms with E-state index in [9.17, 15) is 0 Å². The zero-order valence-electron chi connectivity index (χ0n) is 10.4. The van der Waals surface area contributed by atoms with Crippen molar-refractivity contribution < 1.29 is 0 Å². The molecule has 0 amide bonds. The van der Waals surface area contributed by atoms with Crippen molar-refractivity contribution in [1.29, 1.82) is 0 Å². The van der Waals surface area contributed by atoms with Crippen LogP contribution in [0.15, 0.2) is 12.5 Å². The molecule has 0 unspecified atom stereocenters. The Morgan fingerprint density at radius 1 is 1.12 bits per heavy atom. The topological polar surface area (TPSA) is 29.0 Å². The minimum atomic E-state index is 0.811. The second kappa shape index (κ2) is 5.13. The summed E-state index contributed by atoms with van der Waals surface area (Å²) < 4.78 is 0. The largest absolute Gasteiger partial charge is 0.296 e. The van der Waals surface area contributed by atoms with Gasteiger partial charge in [0.2, 0.25) is 0 Å². The second-order valence-electron chi connectivity index (χ2n) is 5.36. The summed E-state index contributed by atoms with van der Waals surface area (Å²) in [5.74, 6) is 0. The predicted octanol–water partition coefficient (Wildman–Crippen LogP) is 2.56. The first-order valence-electron chi connectivity index (χ1n) is 6.95. The molecule has 0 radical (unpaired) electrons. The maximum atomic E-state index is 4.38. The van der Waals surface area contributed by atoms with Gasteiger partial charge in [-0.15, -0.1) is 0 Å². The molecule has 1 saturated carbocycles. The minimum absolute atomic E-state index is 0.811. The molecule has 0 saturated heterocycles. The lowest BCUT2D eigenvalue weighted by atomic mass is 10.0. The number of hydrogen-bond donors (Lipinski definition) is 0. The highest BCUT2D eigenvalue weighted by molar-refractivity contribution is 5.19. The second-order valence-corrected chi connectivity index (χ2v) is 5.36. The third-order valence-corrected chi connectivity index (χ3v) is 4.23. The van der Waals surface area contributed by atoms with Crippen molar-refractivity contribution in [2.24, 2.45) is 0 Å². The smallest absolute Gasteiger partial charge is 0.115 e. The fourth-order valence-electron chi connectivity index (χ4n) is 3.22. The lowest BCUT2D eigenvalue weighted by Crippen LogP contribution is -2.39. The average molecular weight is 231 g/mol. The van der Waals surface area contributed by atoms with Crippen molar-refractivity contribution in [2.75, 3.05) is 6.54 Å². The van der Waals surface area contributed by atoms with Crippen molar-refractivity contribution in [3.63, 3.8) is 0 Å². The van der Waals surface area contributed by atoms with Crippen molar-refractivity contribution in [3.8, 4) is 0 Å². The van der Waals surface area contributed by atoms with Crippen molar-refractivity contribution >= 4 is 0 Å². The number of nitrogens with zero attached hydrogens (tertiary/aromatic N) is 3. The molecule has 1 fully saturated rings.